The topological polar surface area (TPSA) is 64.4 Å². The summed E-state index contributed by atoms with van der Waals surface area (Å²) in [6.07, 6.45) is 1.77. The summed E-state index contributed by atoms with van der Waals surface area (Å²) in [5.74, 6) is 2.02. The fourth-order valence-corrected chi connectivity index (χ4v) is 3.54. The summed E-state index contributed by atoms with van der Waals surface area (Å²) in [6.45, 7) is 2.58. The zero-order valence-electron chi connectivity index (χ0n) is 15.9. The number of nitriles is 1. The zero-order chi connectivity index (χ0) is 19.9. The Morgan fingerprint density at radius 1 is 1.14 bits per heavy atom. The molecule has 0 aliphatic carbocycles. The summed E-state index contributed by atoms with van der Waals surface area (Å²) >= 11 is 1.43. The first-order valence-electron chi connectivity index (χ1n) is 8.72. The van der Waals surface area contributed by atoms with Crippen molar-refractivity contribution in [1.82, 2.24) is 4.98 Å². The zero-order valence-corrected chi connectivity index (χ0v) is 16.7. The average molecular weight is 392 g/mol. The fraction of sp³-hybridized carbons (Fsp3) is 0.182. The standard InChI is InChI=1S/C22H20N2O3S/c1-4-27-18-10-8-15(9-11-18)19-14-28-22(24-19)17(13-23)12-16-6-5-7-20(25-2)21(16)26-3/h5-12,14H,4H2,1-3H3. The highest BCUT2D eigenvalue weighted by Crippen LogP contribution is 2.34. The summed E-state index contributed by atoms with van der Waals surface area (Å²) in [7, 11) is 3.16. The summed E-state index contributed by atoms with van der Waals surface area (Å²) in [4.78, 5) is 4.64. The van der Waals surface area contributed by atoms with E-state index in [1.165, 1.54) is 11.3 Å². The van der Waals surface area contributed by atoms with Gasteiger partial charge in [-0.3, -0.25) is 0 Å². The van der Waals surface area contributed by atoms with Gasteiger partial charge in [-0.1, -0.05) is 12.1 Å². The molecule has 0 N–H and O–H groups in total. The lowest BCUT2D eigenvalue weighted by atomic mass is 10.1. The van der Waals surface area contributed by atoms with Gasteiger partial charge in [0.25, 0.3) is 0 Å². The second-order valence-electron chi connectivity index (χ2n) is 5.75. The van der Waals surface area contributed by atoms with Gasteiger partial charge in [0.15, 0.2) is 11.5 Å². The molecule has 0 saturated carbocycles. The van der Waals surface area contributed by atoms with Gasteiger partial charge in [0.2, 0.25) is 0 Å². The number of rotatable bonds is 7. The molecule has 3 aromatic rings. The third-order valence-corrected chi connectivity index (χ3v) is 4.92. The lowest BCUT2D eigenvalue weighted by molar-refractivity contribution is 0.340. The quantitative estimate of drug-likeness (QED) is 0.511. The van der Waals surface area contributed by atoms with E-state index in [1.807, 2.05) is 54.8 Å². The number of hydrogen-bond donors (Lipinski definition) is 0. The van der Waals surface area contributed by atoms with Crippen molar-refractivity contribution < 1.29 is 14.2 Å². The van der Waals surface area contributed by atoms with E-state index >= 15 is 0 Å². The molecule has 6 heteroatoms. The van der Waals surface area contributed by atoms with Gasteiger partial charge in [0, 0.05) is 16.5 Å². The number of thiazole rings is 1. The number of methoxy groups -OCH3 is 2. The van der Waals surface area contributed by atoms with Crippen molar-refractivity contribution in [3.8, 4) is 34.6 Å². The normalized spacial score (nSPS) is 11.0. The van der Waals surface area contributed by atoms with Gasteiger partial charge in [0.1, 0.15) is 16.8 Å². The number of allylic oxidation sites excluding steroid dienone is 1. The van der Waals surface area contributed by atoms with Crippen LogP contribution in [0.5, 0.6) is 17.2 Å². The molecule has 0 bridgehead atoms. The lowest BCUT2D eigenvalue weighted by Crippen LogP contribution is -1.93. The molecule has 0 amide bonds. The summed E-state index contributed by atoms with van der Waals surface area (Å²) in [5, 5.41) is 12.3. The van der Waals surface area contributed by atoms with E-state index in [-0.39, 0.29) is 0 Å². The predicted molar refractivity (Wildman–Crippen MR) is 112 cm³/mol. The molecule has 0 aliphatic rings. The van der Waals surface area contributed by atoms with Gasteiger partial charge >= 0.3 is 0 Å². The lowest BCUT2D eigenvalue weighted by Gasteiger charge is -2.10. The molecule has 142 valence electrons. The number of benzene rings is 2. The molecule has 5 nitrogen and oxygen atoms in total. The molecule has 3 rings (SSSR count). The van der Waals surface area contributed by atoms with E-state index in [4.69, 9.17) is 14.2 Å². The van der Waals surface area contributed by atoms with Crippen LogP contribution in [0.2, 0.25) is 0 Å². The van der Waals surface area contributed by atoms with Gasteiger partial charge in [-0.2, -0.15) is 5.26 Å². The van der Waals surface area contributed by atoms with Crippen LogP contribution in [-0.2, 0) is 0 Å². The fourth-order valence-electron chi connectivity index (χ4n) is 2.74. The molecule has 28 heavy (non-hydrogen) atoms. The maximum atomic E-state index is 9.67. The Labute approximate surface area is 168 Å². The molecule has 0 fully saturated rings. The molecule has 0 radical (unpaired) electrons. The van der Waals surface area contributed by atoms with Crippen molar-refractivity contribution >= 4 is 23.0 Å². The van der Waals surface area contributed by atoms with Crippen molar-refractivity contribution in [3.05, 3.63) is 58.4 Å². The number of aromatic nitrogens is 1. The van der Waals surface area contributed by atoms with E-state index < -0.39 is 0 Å². The molecule has 1 heterocycles. The van der Waals surface area contributed by atoms with Crippen LogP contribution in [0.1, 0.15) is 17.5 Å². The minimum Gasteiger partial charge on any atom is -0.494 e. The monoisotopic (exact) mass is 392 g/mol. The Balaban J connectivity index is 1.93. The van der Waals surface area contributed by atoms with Crippen molar-refractivity contribution in [2.45, 2.75) is 6.92 Å². The first kappa shape index (κ1) is 19.5. The first-order chi connectivity index (χ1) is 13.7. The van der Waals surface area contributed by atoms with E-state index in [0.29, 0.717) is 28.7 Å². The third-order valence-electron chi connectivity index (χ3n) is 4.05. The van der Waals surface area contributed by atoms with Crippen LogP contribution in [-0.4, -0.2) is 25.8 Å². The van der Waals surface area contributed by atoms with Crippen molar-refractivity contribution in [2.24, 2.45) is 0 Å². The van der Waals surface area contributed by atoms with Crippen molar-refractivity contribution in [2.75, 3.05) is 20.8 Å². The van der Waals surface area contributed by atoms with Gasteiger partial charge in [-0.25, -0.2) is 4.98 Å². The number of hydrogen-bond acceptors (Lipinski definition) is 6. The van der Waals surface area contributed by atoms with Crippen molar-refractivity contribution in [1.29, 1.82) is 5.26 Å². The highest BCUT2D eigenvalue weighted by Gasteiger charge is 2.13. The largest absolute Gasteiger partial charge is 0.494 e. The van der Waals surface area contributed by atoms with Crippen molar-refractivity contribution in [3.63, 3.8) is 0 Å². The third kappa shape index (κ3) is 4.16. The van der Waals surface area contributed by atoms with Gasteiger partial charge in [0.05, 0.1) is 32.1 Å². The Bertz CT molecular complexity index is 1020. The molecular formula is C22H20N2O3S. The van der Waals surface area contributed by atoms with E-state index in [9.17, 15) is 5.26 Å². The predicted octanol–water partition coefficient (Wildman–Crippen LogP) is 5.29. The van der Waals surface area contributed by atoms with Crippen LogP contribution >= 0.6 is 11.3 Å². The second-order valence-corrected chi connectivity index (χ2v) is 6.61. The van der Waals surface area contributed by atoms with E-state index in [0.717, 1.165) is 22.6 Å². The van der Waals surface area contributed by atoms with Crippen LogP contribution in [0.15, 0.2) is 47.8 Å². The molecule has 0 saturated heterocycles. The van der Waals surface area contributed by atoms with Gasteiger partial charge < -0.3 is 14.2 Å². The second kappa shape index (κ2) is 9.07. The number of nitrogens with zero attached hydrogens (tertiary/aromatic N) is 2. The Morgan fingerprint density at radius 2 is 1.93 bits per heavy atom. The van der Waals surface area contributed by atoms with E-state index in [2.05, 4.69) is 11.1 Å². The molecule has 0 aliphatic heterocycles. The molecule has 0 spiro atoms. The van der Waals surface area contributed by atoms with Crippen LogP contribution in [0.4, 0.5) is 0 Å². The van der Waals surface area contributed by atoms with Crippen LogP contribution in [0.25, 0.3) is 22.9 Å². The molecule has 0 atom stereocenters. The van der Waals surface area contributed by atoms with E-state index in [1.54, 1.807) is 20.3 Å². The molecule has 2 aromatic carbocycles. The summed E-state index contributed by atoms with van der Waals surface area (Å²) in [6, 6.07) is 15.5. The highest BCUT2D eigenvalue weighted by atomic mass is 32.1. The number of para-hydroxylation sites is 1. The first-order valence-corrected chi connectivity index (χ1v) is 9.60. The Kier molecular flexibility index (Phi) is 6.30. The minimum absolute atomic E-state index is 0.466. The van der Waals surface area contributed by atoms with Crippen LogP contribution < -0.4 is 14.2 Å². The maximum Gasteiger partial charge on any atom is 0.167 e. The minimum atomic E-state index is 0.466. The molecular weight excluding hydrogens is 372 g/mol. The van der Waals surface area contributed by atoms with Gasteiger partial charge in [-0.15, -0.1) is 11.3 Å². The molecule has 1 aromatic heterocycles. The molecule has 0 unspecified atom stereocenters. The Morgan fingerprint density at radius 3 is 2.57 bits per heavy atom. The van der Waals surface area contributed by atoms with Crippen LogP contribution in [0.3, 0.4) is 0 Å². The van der Waals surface area contributed by atoms with Gasteiger partial charge in [-0.05, 0) is 43.3 Å². The maximum absolute atomic E-state index is 9.67. The highest BCUT2D eigenvalue weighted by molar-refractivity contribution is 7.11. The smallest absolute Gasteiger partial charge is 0.167 e. The summed E-state index contributed by atoms with van der Waals surface area (Å²) < 4.78 is 16.2. The Hall–Kier alpha value is -3.30. The summed E-state index contributed by atoms with van der Waals surface area (Å²) in [5.41, 5.74) is 3.02. The van der Waals surface area contributed by atoms with Crippen LogP contribution in [0, 0.1) is 11.3 Å². The average Bonchev–Trinajstić information content (AvgIpc) is 3.22. The number of ether oxygens (including phenoxy) is 3. The SMILES string of the molecule is CCOc1ccc(-c2csc(C(C#N)=Cc3cccc(OC)c3OC)n2)cc1.